The fourth-order valence-electron chi connectivity index (χ4n) is 2.61. The molecular weight excluding hydrogens is 224 g/mol. The van der Waals surface area contributed by atoms with Gasteiger partial charge in [0.1, 0.15) is 0 Å². The molecule has 18 heavy (non-hydrogen) atoms. The first-order valence-corrected chi connectivity index (χ1v) is 6.85. The zero-order chi connectivity index (χ0) is 13.0. The number of hydrogen-bond donors (Lipinski definition) is 1. The van der Waals surface area contributed by atoms with Gasteiger partial charge in [-0.3, -0.25) is 0 Å². The Morgan fingerprint density at radius 2 is 2.28 bits per heavy atom. The zero-order valence-electron chi connectivity index (χ0n) is 11.3. The van der Waals surface area contributed by atoms with Gasteiger partial charge in [0.25, 0.3) is 0 Å². The number of carbonyl (C=O) groups is 1. The summed E-state index contributed by atoms with van der Waals surface area (Å²) in [6.45, 7) is 5.07. The van der Waals surface area contributed by atoms with Crippen LogP contribution in [-0.4, -0.2) is 23.5 Å². The maximum absolute atomic E-state index is 12.3. The highest BCUT2D eigenvalue weighted by atomic mass is 16.2. The van der Waals surface area contributed by atoms with Gasteiger partial charge >= 0.3 is 6.03 Å². The summed E-state index contributed by atoms with van der Waals surface area (Å²) in [6, 6.07) is 8.40. The van der Waals surface area contributed by atoms with Crippen LogP contribution in [0, 0.1) is 6.92 Å². The first-order valence-electron chi connectivity index (χ1n) is 6.85. The number of anilines is 1. The van der Waals surface area contributed by atoms with Crippen LogP contribution in [0.1, 0.15) is 38.2 Å². The van der Waals surface area contributed by atoms with Crippen molar-refractivity contribution in [2.45, 2.75) is 45.6 Å². The molecule has 3 nitrogen and oxygen atoms in total. The number of rotatable bonds is 2. The molecule has 1 saturated heterocycles. The van der Waals surface area contributed by atoms with Gasteiger partial charge in [0.2, 0.25) is 0 Å². The van der Waals surface area contributed by atoms with Crippen molar-refractivity contribution in [3.05, 3.63) is 29.8 Å². The molecule has 0 spiro atoms. The van der Waals surface area contributed by atoms with Crippen molar-refractivity contribution in [2.24, 2.45) is 0 Å². The van der Waals surface area contributed by atoms with E-state index in [1.165, 1.54) is 12.0 Å². The van der Waals surface area contributed by atoms with Gasteiger partial charge < -0.3 is 10.2 Å². The van der Waals surface area contributed by atoms with E-state index in [-0.39, 0.29) is 6.03 Å². The second kappa shape index (κ2) is 5.89. The quantitative estimate of drug-likeness (QED) is 0.846. The van der Waals surface area contributed by atoms with Crippen molar-refractivity contribution in [3.8, 4) is 0 Å². The van der Waals surface area contributed by atoms with Gasteiger partial charge in [-0.05, 0) is 50.3 Å². The van der Waals surface area contributed by atoms with E-state index in [1.54, 1.807) is 0 Å². The van der Waals surface area contributed by atoms with E-state index in [1.807, 2.05) is 36.1 Å². The maximum Gasteiger partial charge on any atom is 0.322 e. The number of urea groups is 1. The van der Waals surface area contributed by atoms with Crippen molar-refractivity contribution in [1.82, 2.24) is 4.90 Å². The summed E-state index contributed by atoms with van der Waals surface area (Å²) in [7, 11) is 0. The molecule has 0 saturated carbocycles. The summed E-state index contributed by atoms with van der Waals surface area (Å²) in [5.74, 6) is 0. The third kappa shape index (κ3) is 3.03. The average Bonchev–Trinajstić information content (AvgIpc) is 2.38. The minimum absolute atomic E-state index is 0.0483. The van der Waals surface area contributed by atoms with Crippen LogP contribution in [0.15, 0.2) is 24.3 Å². The van der Waals surface area contributed by atoms with Crippen LogP contribution in [-0.2, 0) is 0 Å². The highest BCUT2D eigenvalue weighted by Crippen LogP contribution is 2.20. The first-order chi connectivity index (χ1) is 8.70. The molecule has 0 aliphatic carbocycles. The molecule has 98 valence electrons. The van der Waals surface area contributed by atoms with Crippen molar-refractivity contribution >= 4 is 11.7 Å². The number of piperidine rings is 1. The van der Waals surface area contributed by atoms with Crippen LogP contribution in [0.25, 0.3) is 0 Å². The van der Waals surface area contributed by atoms with Crippen molar-refractivity contribution in [2.75, 3.05) is 11.9 Å². The van der Waals surface area contributed by atoms with Crippen LogP contribution in [0.5, 0.6) is 0 Å². The Morgan fingerprint density at radius 3 is 3.00 bits per heavy atom. The second-order valence-electron chi connectivity index (χ2n) is 5.05. The molecule has 2 amide bonds. The Bertz CT molecular complexity index is 417. The van der Waals surface area contributed by atoms with E-state index in [0.717, 1.165) is 31.5 Å². The fourth-order valence-corrected chi connectivity index (χ4v) is 2.61. The fraction of sp³-hybridized carbons (Fsp3) is 0.533. The summed E-state index contributed by atoms with van der Waals surface area (Å²) in [6.07, 6.45) is 4.55. The van der Waals surface area contributed by atoms with E-state index in [2.05, 4.69) is 12.2 Å². The normalized spacial score (nSPS) is 19.7. The molecule has 1 aromatic carbocycles. The lowest BCUT2D eigenvalue weighted by molar-refractivity contribution is 0.160. The van der Waals surface area contributed by atoms with Crippen molar-refractivity contribution in [1.29, 1.82) is 0 Å². The van der Waals surface area contributed by atoms with E-state index in [0.29, 0.717) is 6.04 Å². The predicted octanol–water partition coefficient (Wildman–Crippen LogP) is 3.79. The first kappa shape index (κ1) is 12.9. The molecule has 1 aliphatic rings. The van der Waals surface area contributed by atoms with Gasteiger partial charge in [-0.25, -0.2) is 4.79 Å². The van der Waals surface area contributed by atoms with Crippen molar-refractivity contribution < 1.29 is 4.79 Å². The number of aryl methyl sites for hydroxylation is 1. The average molecular weight is 246 g/mol. The minimum Gasteiger partial charge on any atom is -0.322 e. The molecule has 0 aromatic heterocycles. The largest absolute Gasteiger partial charge is 0.322 e. The van der Waals surface area contributed by atoms with Gasteiger partial charge in [-0.15, -0.1) is 0 Å². The number of hydrogen-bond acceptors (Lipinski definition) is 1. The number of carbonyl (C=O) groups excluding carboxylic acids is 1. The van der Waals surface area contributed by atoms with E-state index < -0.39 is 0 Å². The van der Waals surface area contributed by atoms with Gasteiger partial charge in [0.05, 0.1) is 0 Å². The Hall–Kier alpha value is -1.51. The van der Waals surface area contributed by atoms with Gasteiger partial charge in [0.15, 0.2) is 0 Å². The highest BCUT2D eigenvalue weighted by Gasteiger charge is 2.25. The second-order valence-corrected chi connectivity index (χ2v) is 5.05. The van der Waals surface area contributed by atoms with Crippen LogP contribution >= 0.6 is 0 Å². The Morgan fingerprint density at radius 1 is 1.44 bits per heavy atom. The summed E-state index contributed by atoms with van der Waals surface area (Å²) in [4.78, 5) is 14.3. The van der Waals surface area contributed by atoms with Crippen LogP contribution in [0.3, 0.4) is 0 Å². The monoisotopic (exact) mass is 246 g/mol. The predicted molar refractivity (Wildman–Crippen MR) is 74.8 cm³/mol. The molecule has 0 bridgehead atoms. The molecule has 0 radical (unpaired) electrons. The van der Waals surface area contributed by atoms with E-state index >= 15 is 0 Å². The van der Waals surface area contributed by atoms with Crippen LogP contribution in [0.4, 0.5) is 10.5 Å². The summed E-state index contributed by atoms with van der Waals surface area (Å²) >= 11 is 0. The molecular formula is C15H22N2O. The molecule has 1 aromatic rings. The molecule has 1 heterocycles. The Balaban J connectivity index is 2.02. The van der Waals surface area contributed by atoms with Crippen molar-refractivity contribution in [3.63, 3.8) is 0 Å². The lowest BCUT2D eigenvalue weighted by atomic mass is 10.0. The lowest BCUT2D eigenvalue weighted by Gasteiger charge is -2.35. The van der Waals surface area contributed by atoms with Gasteiger partial charge in [-0.2, -0.15) is 0 Å². The molecule has 1 N–H and O–H groups in total. The molecule has 2 rings (SSSR count). The number of benzene rings is 1. The zero-order valence-corrected chi connectivity index (χ0v) is 11.3. The topological polar surface area (TPSA) is 32.3 Å². The van der Waals surface area contributed by atoms with Crippen LogP contribution < -0.4 is 5.32 Å². The molecule has 1 aliphatic heterocycles. The van der Waals surface area contributed by atoms with E-state index in [4.69, 9.17) is 0 Å². The lowest BCUT2D eigenvalue weighted by Crippen LogP contribution is -2.45. The minimum atomic E-state index is 0.0483. The van der Waals surface area contributed by atoms with Gasteiger partial charge in [0, 0.05) is 18.3 Å². The smallest absolute Gasteiger partial charge is 0.322 e. The van der Waals surface area contributed by atoms with Crippen LogP contribution in [0.2, 0.25) is 0 Å². The third-order valence-electron chi connectivity index (χ3n) is 3.63. The molecule has 0 unspecified atom stereocenters. The maximum atomic E-state index is 12.3. The molecule has 1 fully saturated rings. The molecule has 1 atom stereocenters. The SMILES string of the molecule is CC[C@H]1CCCCN1C(=O)Nc1cccc(C)c1. The molecule has 3 heteroatoms. The summed E-state index contributed by atoms with van der Waals surface area (Å²) in [5, 5.41) is 3.00. The Kier molecular flexibility index (Phi) is 4.24. The number of nitrogens with one attached hydrogen (secondary N) is 1. The third-order valence-corrected chi connectivity index (χ3v) is 3.63. The Labute approximate surface area is 109 Å². The van der Waals surface area contributed by atoms with Gasteiger partial charge in [-0.1, -0.05) is 19.1 Å². The number of amides is 2. The summed E-state index contributed by atoms with van der Waals surface area (Å²) < 4.78 is 0. The number of nitrogens with zero attached hydrogens (tertiary/aromatic N) is 1. The van der Waals surface area contributed by atoms with E-state index in [9.17, 15) is 4.79 Å². The standard InChI is InChI=1S/C15H22N2O/c1-3-14-9-4-5-10-17(14)15(18)16-13-8-6-7-12(2)11-13/h6-8,11,14H,3-5,9-10H2,1-2H3,(H,16,18)/t14-/m0/s1. The number of likely N-dealkylation sites (tertiary alicyclic amines) is 1. The summed E-state index contributed by atoms with van der Waals surface area (Å²) in [5.41, 5.74) is 2.05. The highest BCUT2D eigenvalue weighted by molar-refractivity contribution is 5.89.